The molecule has 0 aliphatic rings. The number of benzene rings is 1. The van der Waals surface area contributed by atoms with Gasteiger partial charge in [-0.15, -0.1) is 0 Å². The minimum Gasteiger partial charge on any atom is -0.275 e. The van der Waals surface area contributed by atoms with Crippen LogP contribution in [0.1, 0.15) is 11.1 Å². The van der Waals surface area contributed by atoms with Crippen molar-refractivity contribution in [2.75, 3.05) is 5.43 Å². The van der Waals surface area contributed by atoms with Crippen molar-refractivity contribution in [2.24, 2.45) is 12.1 Å². The SMILES string of the molecule is Cc1cccc(/C=N\Nc2cnn(C)c(=O)c2Cl)c1. The van der Waals surface area contributed by atoms with Crippen LogP contribution in [0.2, 0.25) is 5.02 Å². The maximum absolute atomic E-state index is 11.5. The zero-order chi connectivity index (χ0) is 13.8. The largest absolute Gasteiger partial charge is 0.287 e. The Morgan fingerprint density at radius 3 is 3.00 bits per heavy atom. The fourth-order valence-electron chi connectivity index (χ4n) is 1.52. The highest BCUT2D eigenvalue weighted by atomic mass is 35.5. The highest BCUT2D eigenvalue weighted by Crippen LogP contribution is 2.14. The Balaban J connectivity index is 2.15. The summed E-state index contributed by atoms with van der Waals surface area (Å²) >= 11 is 5.90. The molecule has 0 bridgehead atoms. The summed E-state index contributed by atoms with van der Waals surface area (Å²) in [5.74, 6) is 0. The lowest BCUT2D eigenvalue weighted by Crippen LogP contribution is -2.20. The Kier molecular flexibility index (Phi) is 3.97. The number of aryl methyl sites for hydroxylation is 2. The molecule has 19 heavy (non-hydrogen) atoms. The molecule has 0 spiro atoms. The molecule has 6 heteroatoms. The molecule has 5 nitrogen and oxygen atoms in total. The van der Waals surface area contributed by atoms with Gasteiger partial charge >= 0.3 is 0 Å². The topological polar surface area (TPSA) is 59.3 Å². The lowest BCUT2D eigenvalue weighted by molar-refractivity contribution is 0.708. The minimum atomic E-state index is -0.363. The third-order valence-corrected chi connectivity index (χ3v) is 2.88. The Morgan fingerprint density at radius 2 is 2.26 bits per heavy atom. The van der Waals surface area contributed by atoms with E-state index in [2.05, 4.69) is 15.6 Å². The molecule has 98 valence electrons. The molecule has 0 saturated carbocycles. The third kappa shape index (κ3) is 3.20. The zero-order valence-corrected chi connectivity index (χ0v) is 11.3. The van der Waals surface area contributed by atoms with Gasteiger partial charge in [0, 0.05) is 7.05 Å². The number of hydrogen-bond donors (Lipinski definition) is 1. The van der Waals surface area contributed by atoms with Crippen molar-refractivity contribution in [3.8, 4) is 0 Å². The summed E-state index contributed by atoms with van der Waals surface area (Å²) in [5, 5.41) is 7.97. The van der Waals surface area contributed by atoms with Crippen molar-refractivity contribution in [3.05, 3.63) is 57.0 Å². The molecule has 0 unspecified atom stereocenters. The number of rotatable bonds is 3. The molecule has 0 saturated heterocycles. The molecular weight excluding hydrogens is 264 g/mol. The summed E-state index contributed by atoms with van der Waals surface area (Å²) in [6.45, 7) is 2.01. The molecule has 1 aromatic carbocycles. The smallest absolute Gasteiger partial charge is 0.275 e. The van der Waals surface area contributed by atoms with Gasteiger partial charge < -0.3 is 0 Å². The molecule has 2 aromatic rings. The molecule has 0 amide bonds. The lowest BCUT2D eigenvalue weighted by atomic mass is 10.2. The average molecular weight is 277 g/mol. The molecule has 1 heterocycles. The van der Waals surface area contributed by atoms with E-state index in [0.717, 1.165) is 15.8 Å². The van der Waals surface area contributed by atoms with E-state index in [1.165, 1.54) is 13.2 Å². The van der Waals surface area contributed by atoms with E-state index in [1.54, 1.807) is 6.21 Å². The van der Waals surface area contributed by atoms with Crippen LogP contribution in [0.25, 0.3) is 0 Å². The number of anilines is 1. The Labute approximate surface area is 115 Å². The number of halogens is 1. The summed E-state index contributed by atoms with van der Waals surface area (Å²) < 4.78 is 1.16. The van der Waals surface area contributed by atoms with E-state index in [0.29, 0.717) is 5.69 Å². The fourth-order valence-corrected chi connectivity index (χ4v) is 1.73. The number of nitrogens with one attached hydrogen (secondary N) is 1. The second kappa shape index (κ2) is 5.67. The predicted octanol–water partition coefficient (Wildman–Crippen LogP) is 2.19. The monoisotopic (exact) mass is 276 g/mol. The van der Waals surface area contributed by atoms with Crippen LogP contribution in [0.4, 0.5) is 5.69 Å². The predicted molar refractivity (Wildman–Crippen MR) is 76.9 cm³/mol. The number of hydrazone groups is 1. The zero-order valence-electron chi connectivity index (χ0n) is 10.6. The quantitative estimate of drug-likeness (QED) is 0.690. The van der Waals surface area contributed by atoms with E-state index < -0.39 is 0 Å². The normalized spacial score (nSPS) is 10.9. The van der Waals surface area contributed by atoms with Crippen LogP contribution in [0.5, 0.6) is 0 Å². The van der Waals surface area contributed by atoms with Gasteiger partial charge in [-0.2, -0.15) is 10.2 Å². The third-order valence-electron chi connectivity index (χ3n) is 2.52. The Bertz CT molecular complexity index is 679. The van der Waals surface area contributed by atoms with Crippen molar-refractivity contribution >= 4 is 23.5 Å². The van der Waals surface area contributed by atoms with Gasteiger partial charge in [0.1, 0.15) is 10.7 Å². The summed E-state index contributed by atoms with van der Waals surface area (Å²) in [7, 11) is 1.54. The van der Waals surface area contributed by atoms with Crippen molar-refractivity contribution < 1.29 is 0 Å². The summed E-state index contributed by atoms with van der Waals surface area (Å²) in [5.41, 5.74) is 4.84. The highest BCUT2D eigenvalue weighted by Gasteiger charge is 2.05. The van der Waals surface area contributed by atoms with Gasteiger partial charge in [0.15, 0.2) is 0 Å². The molecule has 0 atom stereocenters. The number of aromatic nitrogens is 2. The highest BCUT2D eigenvalue weighted by molar-refractivity contribution is 6.32. The van der Waals surface area contributed by atoms with E-state index >= 15 is 0 Å². The van der Waals surface area contributed by atoms with Gasteiger partial charge in [0.25, 0.3) is 5.56 Å². The molecule has 1 aromatic heterocycles. The van der Waals surface area contributed by atoms with Crippen molar-refractivity contribution in [2.45, 2.75) is 6.92 Å². The molecule has 2 rings (SSSR count). The lowest BCUT2D eigenvalue weighted by Gasteiger charge is -2.03. The Hall–Kier alpha value is -2.14. The van der Waals surface area contributed by atoms with Crippen LogP contribution >= 0.6 is 11.6 Å². The van der Waals surface area contributed by atoms with Crippen molar-refractivity contribution in [3.63, 3.8) is 0 Å². The standard InChI is InChI=1S/C13H13ClN4O/c1-9-4-3-5-10(6-9)7-15-17-11-8-16-18(2)13(19)12(11)14/h3-8,17H,1-2H3/b15-7-. The van der Waals surface area contributed by atoms with Crippen LogP contribution in [0.3, 0.4) is 0 Å². The first-order chi connectivity index (χ1) is 9.08. The molecule has 0 radical (unpaired) electrons. The molecule has 1 N–H and O–H groups in total. The minimum absolute atomic E-state index is 0.0684. The first-order valence-electron chi connectivity index (χ1n) is 5.65. The Morgan fingerprint density at radius 1 is 1.47 bits per heavy atom. The van der Waals surface area contributed by atoms with Crippen LogP contribution < -0.4 is 11.0 Å². The second-order valence-corrected chi connectivity index (χ2v) is 4.46. The van der Waals surface area contributed by atoms with Crippen LogP contribution in [0.15, 0.2) is 40.4 Å². The maximum atomic E-state index is 11.5. The summed E-state index contributed by atoms with van der Waals surface area (Å²) in [6, 6.07) is 7.88. The maximum Gasteiger partial charge on any atom is 0.287 e. The first kappa shape index (κ1) is 13.3. The average Bonchev–Trinajstić information content (AvgIpc) is 2.39. The van der Waals surface area contributed by atoms with Gasteiger partial charge in [-0.05, 0) is 12.5 Å². The van der Waals surface area contributed by atoms with Crippen molar-refractivity contribution in [1.82, 2.24) is 9.78 Å². The first-order valence-corrected chi connectivity index (χ1v) is 6.03. The summed E-state index contributed by atoms with van der Waals surface area (Å²) in [4.78, 5) is 11.5. The second-order valence-electron chi connectivity index (χ2n) is 4.09. The number of nitrogens with zero attached hydrogens (tertiary/aromatic N) is 3. The van der Waals surface area contributed by atoms with Crippen LogP contribution in [-0.4, -0.2) is 16.0 Å². The molecule has 0 aliphatic heterocycles. The fraction of sp³-hybridized carbons (Fsp3) is 0.154. The molecule has 0 aliphatic carbocycles. The van der Waals surface area contributed by atoms with E-state index in [4.69, 9.17) is 11.6 Å². The van der Waals surface area contributed by atoms with E-state index in [-0.39, 0.29) is 10.6 Å². The van der Waals surface area contributed by atoms with Gasteiger partial charge in [-0.25, -0.2) is 4.68 Å². The van der Waals surface area contributed by atoms with Gasteiger partial charge in [0.2, 0.25) is 0 Å². The van der Waals surface area contributed by atoms with Crippen LogP contribution in [0, 0.1) is 6.92 Å². The van der Waals surface area contributed by atoms with Crippen molar-refractivity contribution in [1.29, 1.82) is 0 Å². The van der Waals surface area contributed by atoms with E-state index in [9.17, 15) is 4.79 Å². The summed E-state index contributed by atoms with van der Waals surface area (Å²) in [6.07, 6.45) is 3.11. The van der Waals surface area contributed by atoms with Gasteiger partial charge in [-0.3, -0.25) is 10.2 Å². The molecular formula is C13H13ClN4O. The number of hydrogen-bond acceptors (Lipinski definition) is 4. The van der Waals surface area contributed by atoms with E-state index in [1.807, 2.05) is 31.2 Å². The van der Waals surface area contributed by atoms with Gasteiger partial charge in [-0.1, -0.05) is 41.4 Å². The molecule has 0 fully saturated rings. The van der Waals surface area contributed by atoms with Crippen LogP contribution in [-0.2, 0) is 7.05 Å². The van der Waals surface area contributed by atoms with Gasteiger partial charge in [0.05, 0.1) is 12.4 Å².